The number of hydrogen-bond donors (Lipinski definition) is 2. The molecule has 8 heteroatoms. The average Bonchev–Trinajstić information content (AvgIpc) is 3.03. The zero-order chi connectivity index (χ0) is 13.8. The Morgan fingerprint density at radius 3 is 2.86 bits per heavy atom. The summed E-state index contributed by atoms with van der Waals surface area (Å²) in [6.45, 7) is 1.73. The number of piperidine rings is 1. The predicted molar refractivity (Wildman–Crippen MR) is 90.1 cm³/mol. The second-order valence-electron chi connectivity index (χ2n) is 4.86. The van der Waals surface area contributed by atoms with Crippen molar-refractivity contribution in [1.29, 1.82) is 0 Å². The van der Waals surface area contributed by atoms with Crippen molar-refractivity contribution in [2.75, 3.05) is 18.4 Å². The van der Waals surface area contributed by atoms with Gasteiger partial charge in [0.05, 0.1) is 11.6 Å². The summed E-state index contributed by atoms with van der Waals surface area (Å²) >= 11 is 0. The summed E-state index contributed by atoms with van der Waals surface area (Å²) in [7, 11) is 0. The molecule has 1 aliphatic heterocycles. The van der Waals surface area contributed by atoms with Crippen LogP contribution in [-0.2, 0) is 4.79 Å². The molecular formula is C14H19Cl2N5O. The quantitative estimate of drug-likeness (QED) is 0.894. The number of amides is 1. The Balaban J connectivity index is 0.00000121. The maximum absolute atomic E-state index is 12.3. The van der Waals surface area contributed by atoms with E-state index in [4.69, 9.17) is 0 Å². The molecular weight excluding hydrogens is 325 g/mol. The molecule has 1 fully saturated rings. The van der Waals surface area contributed by atoms with Gasteiger partial charge in [-0.2, -0.15) is 5.10 Å². The van der Waals surface area contributed by atoms with E-state index in [0.717, 1.165) is 25.9 Å². The maximum Gasteiger partial charge on any atom is 0.228 e. The number of halogens is 2. The molecule has 1 unspecified atom stereocenters. The second kappa shape index (κ2) is 8.73. The summed E-state index contributed by atoms with van der Waals surface area (Å²) in [4.78, 5) is 16.6. The minimum absolute atomic E-state index is 0. The first-order valence-corrected chi connectivity index (χ1v) is 6.81. The lowest BCUT2D eigenvalue weighted by Crippen LogP contribution is -2.37. The molecule has 2 aromatic rings. The van der Waals surface area contributed by atoms with Gasteiger partial charge in [0.2, 0.25) is 5.91 Å². The molecule has 0 aromatic carbocycles. The molecule has 22 heavy (non-hydrogen) atoms. The van der Waals surface area contributed by atoms with Gasteiger partial charge in [-0.25, -0.2) is 9.67 Å². The van der Waals surface area contributed by atoms with Crippen LogP contribution in [0.3, 0.4) is 0 Å². The van der Waals surface area contributed by atoms with Crippen LogP contribution in [0.4, 0.5) is 5.69 Å². The summed E-state index contributed by atoms with van der Waals surface area (Å²) < 4.78 is 1.65. The first-order chi connectivity index (χ1) is 9.84. The SMILES string of the molecule is Cl.Cl.O=C(Nc1cccnc1-n1cccn1)C1CCCNC1. The van der Waals surface area contributed by atoms with Crippen molar-refractivity contribution >= 4 is 36.4 Å². The predicted octanol–water partition coefficient (Wildman–Crippen LogP) is 2.05. The van der Waals surface area contributed by atoms with Gasteiger partial charge in [0, 0.05) is 25.1 Å². The smallest absolute Gasteiger partial charge is 0.228 e. The number of rotatable bonds is 3. The first-order valence-electron chi connectivity index (χ1n) is 6.81. The molecule has 0 aliphatic carbocycles. The second-order valence-corrected chi connectivity index (χ2v) is 4.86. The fourth-order valence-electron chi connectivity index (χ4n) is 2.38. The Labute approximate surface area is 141 Å². The molecule has 0 saturated carbocycles. The van der Waals surface area contributed by atoms with Crippen molar-refractivity contribution in [3.63, 3.8) is 0 Å². The highest BCUT2D eigenvalue weighted by atomic mass is 35.5. The van der Waals surface area contributed by atoms with Crippen LogP contribution in [0.5, 0.6) is 0 Å². The minimum Gasteiger partial charge on any atom is -0.323 e. The van der Waals surface area contributed by atoms with E-state index in [-0.39, 0.29) is 36.6 Å². The van der Waals surface area contributed by atoms with E-state index >= 15 is 0 Å². The van der Waals surface area contributed by atoms with Crippen molar-refractivity contribution in [3.8, 4) is 5.82 Å². The third kappa shape index (κ3) is 4.19. The van der Waals surface area contributed by atoms with Crippen LogP contribution in [0.25, 0.3) is 5.82 Å². The number of aromatic nitrogens is 3. The maximum atomic E-state index is 12.3. The summed E-state index contributed by atoms with van der Waals surface area (Å²) in [6, 6.07) is 5.48. The molecule has 0 radical (unpaired) electrons. The van der Waals surface area contributed by atoms with E-state index in [1.54, 1.807) is 23.3 Å². The highest BCUT2D eigenvalue weighted by molar-refractivity contribution is 5.94. The number of hydrogen-bond acceptors (Lipinski definition) is 4. The van der Waals surface area contributed by atoms with Gasteiger partial charge in [0.15, 0.2) is 5.82 Å². The molecule has 6 nitrogen and oxygen atoms in total. The number of pyridine rings is 1. The van der Waals surface area contributed by atoms with Crippen LogP contribution in [-0.4, -0.2) is 33.8 Å². The standard InChI is InChI=1S/C14H17N5O.2ClH/c20-14(11-4-1-6-15-10-11)18-12-5-2-7-16-13(12)19-9-3-8-17-19;;/h2-3,5,7-9,11,15H,1,4,6,10H2,(H,18,20);2*1H. The molecule has 3 heterocycles. The molecule has 3 rings (SSSR count). The van der Waals surface area contributed by atoms with Crippen LogP contribution >= 0.6 is 24.8 Å². The minimum atomic E-state index is 0. The van der Waals surface area contributed by atoms with Crippen molar-refractivity contribution in [2.24, 2.45) is 5.92 Å². The van der Waals surface area contributed by atoms with E-state index < -0.39 is 0 Å². The summed E-state index contributed by atoms with van der Waals surface area (Å²) in [5, 5.41) is 10.4. The fourth-order valence-corrected chi connectivity index (χ4v) is 2.38. The zero-order valence-electron chi connectivity index (χ0n) is 11.9. The lowest BCUT2D eigenvalue weighted by atomic mass is 9.99. The number of carbonyl (C=O) groups is 1. The average molecular weight is 344 g/mol. The molecule has 0 spiro atoms. The van der Waals surface area contributed by atoms with Gasteiger partial charge in [-0.3, -0.25) is 4.79 Å². The molecule has 1 atom stereocenters. The van der Waals surface area contributed by atoms with Crippen molar-refractivity contribution in [2.45, 2.75) is 12.8 Å². The number of nitrogens with zero attached hydrogens (tertiary/aromatic N) is 3. The Hall–Kier alpha value is -1.63. The van der Waals surface area contributed by atoms with E-state index in [0.29, 0.717) is 11.5 Å². The van der Waals surface area contributed by atoms with Gasteiger partial charge in [-0.05, 0) is 37.6 Å². The lowest BCUT2D eigenvalue weighted by molar-refractivity contribution is -0.120. The normalized spacial score (nSPS) is 17.0. The molecule has 2 aromatic heterocycles. The third-order valence-electron chi connectivity index (χ3n) is 3.43. The lowest BCUT2D eigenvalue weighted by Gasteiger charge is -2.22. The highest BCUT2D eigenvalue weighted by Crippen LogP contribution is 2.19. The summed E-state index contributed by atoms with van der Waals surface area (Å²) in [5.74, 6) is 0.697. The van der Waals surface area contributed by atoms with Gasteiger partial charge < -0.3 is 10.6 Å². The van der Waals surface area contributed by atoms with Gasteiger partial charge in [0.1, 0.15) is 0 Å². The largest absolute Gasteiger partial charge is 0.323 e. The van der Waals surface area contributed by atoms with Gasteiger partial charge in [-0.15, -0.1) is 24.8 Å². The van der Waals surface area contributed by atoms with Gasteiger partial charge in [-0.1, -0.05) is 0 Å². The third-order valence-corrected chi connectivity index (χ3v) is 3.43. The van der Waals surface area contributed by atoms with E-state index in [9.17, 15) is 4.79 Å². The van der Waals surface area contributed by atoms with Crippen LogP contribution in [0, 0.1) is 5.92 Å². The number of carbonyl (C=O) groups excluding carboxylic acids is 1. The monoisotopic (exact) mass is 343 g/mol. The number of anilines is 1. The molecule has 1 saturated heterocycles. The topological polar surface area (TPSA) is 71.8 Å². The summed E-state index contributed by atoms with van der Waals surface area (Å²) in [6.07, 6.45) is 7.15. The Morgan fingerprint density at radius 2 is 2.18 bits per heavy atom. The van der Waals surface area contributed by atoms with Crippen LogP contribution in [0.2, 0.25) is 0 Å². The van der Waals surface area contributed by atoms with Gasteiger partial charge in [0.25, 0.3) is 0 Å². The van der Waals surface area contributed by atoms with E-state index in [1.165, 1.54) is 0 Å². The molecule has 0 bridgehead atoms. The summed E-state index contributed by atoms with van der Waals surface area (Å²) in [5.41, 5.74) is 0.687. The van der Waals surface area contributed by atoms with Crippen LogP contribution < -0.4 is 10.6 Å². The molecule has 1 aliphatic rings. The van der Waals surface area contributed by atoms with E-state index in [2.05, 4.69) is 20.7 Å². The Bertz CT molecular complexity index is 585. The van der Waals surface area contributed by atoms with Crippen LogP contribution in [0.15, 0.2) is 36.8 Å². The zero-order valence-corrected chi connectivity index (χ0v) is 13.6. The van der Waals surface area contributed by atoms with Gasteiger partial charge >= 0.3 is 0 Å². The van der Waals surface area contributed by atoms with Crippen molar-refractivity contribution in [1.82, 2.24) is 20.1 Å². The fraction of sp³-hybridized carbons (Fsp3) is 0.357. The Kier molecular flexibility index (Phi) is 7.31. The van der Waals surface area contributed by atoms with E-state index in [1.807, 2.05) is 18.2 Å². The highest BCUT2D eigenvalue weighted by Gasteiger charge is 2.21. The Morgan fingerprint density at radius 1 is 1.32 bits per heavy atom. The van der Waals surface area contributed by atoms with Crippen molar-refractivity contribution < 1.29 is 4.79 Å². The first kappa shape index (κ1) is 18.4. The van der Waals surface area contributed by atoms with Crippen LogP contribution in [0.1, 0.15) is 12.8 Å². The van der Waals surface area contributed by atoms with Crippen molar-refractivity contribution in [3.05, 3.63) is 36.8 Å². The molecule has 120 valence electrons. The molecule has 2 N–H and O–H groups in total. The molecule has 1 amide bonds. The number of nitrogens with one attached hydrogen (secondary N) is 2.